The summed E-state index contributed by atoms with van der Waals surface area (Å²) in [6.07, 6.45) is 0. The molecule has 0 amide bonds. The Morgan fingerprint density at radius 1 is 1.09 bits per heavy atom. The Morgan fingerprint density at radius 2 is 1.83 bits per heavy atom. The molecule has 0 aliphatic rings. The van der Waals surface area contributed by atoms with Gasteiger partial charge < -0.3 is 4.57 Å². The van der Waals surface area contributed by atoms with Crippen LogP contribution in [0.5, 0.6) is 0 Å². The van der Waals surface area contributed by atoms with Crippen molar-refractivity contribution in [2.45, 2.75) is 10.1 Å². The number of hydrogen-bond donors (Lipinski definition) is 0. The van der Waals surface area contributed by atoms with E-state index in [1.54, 1.807) is 0 Å². The van der Waals surface area contributed by atoms with E-state index in [1.807, 2.05) is 35.9 Å². The normalized spacial score (nSPS) is 10.8. The van der Waals surface area contributed by atoms with Crippen LogP contribution in [0, 0.1) is 20.2 Å². The molecule has 0 bridgehead atoms. The molecule has 0 saturated heterocycles. The van der Waals surface area contributed by atoms with Gasteiger partial charge in [-0.1, -0.05) is 12.1 Å². The summed E-state index contributed by atoms with van der Waals surface area (Å²) in [7, 11) is 1.81. The van der Waals surface area contributed by atoms with Gasteiger partial charge in [-0.15, -0.1) is 0 Å². The van der Waals surface area contributed by atoms with Gasteiger partial charge in [0.25, 0.3) is 11.4 Å². The molecule has 1 aromatic heterocycles. The van der Waals surface area contributed by atoms with Gasteiger partial charge in [0.15, 0.2) is 5.16 Å². The fourth-order valence-electron chi connectivity index (χ4n) is 2.16. The summed E-state index contributed by atoms with van der Waals surface area (Å²) in [5.74, 6) is 0. The van der Waals surface area contributed by atoms with Crippen molar-refractivity contribution in [1.29, 1.82) is 0 Å². The van der Waals surface area contributed by atoms with Crippen molar-refractivity contribution in [3.63, 3.8) is 0 Å². The number of rotatable bonds is 4. The van der Waals surface area contributed by atoms with Crippen LogP contribution in [0.4, 0.5) is 11.4 Å². The monoisotopic (exact) mass is 330 g/mol. The zero-order chi connectivity index (χ0) is 16.6. The van der Waals surface area contributed by atoms with Crippen LogP contribution in [0.1, 0.15) is 0 Å². The first-order valence-corrected chi connectivity index (χ1v) is 7.31. The third kappa shape index (κ3) is 2.73. The maximum atomic E-state index is 11.2. The molecule has 1 heterocycles. The lowest BCUT2D eigenvalue weighted by molar-refractivity contribution is -0.396. The Bertz CT molecular complexity index is 938. The lowest BCUT2D eigenvalue weighted by atomic mass is 10.3. The van der Waals surface area contributed by atoms with Gasteiger partial charge in [0.05, 0.1) is 31.8 Å². The number of hydrogen-bond acceptors (Lipinski definition) is 6. The number of imidazole rings is 1. The van der Waals surface area contributed by atoms with Crippen LogP contribution in [0.25, 0.3) is 11.0 Å². The first-order chi connectivity index (χ1) is 11.0. The van der Waals surface area contributed by atoms with Crippen LogP contribution in [-0.2, 0) is 7.05 Å². The zero-order valence-electron chi connectivity index (χ0n) is 11.9. The lowest BCUT2D eigenvalue weighted by Crippen LogP contribution is -1.96. The number of aryl methyl sites for hydroxylation is 1. The van der Waals surface area contributed by atoms with Crippen LogP contribution < -0.4 is 0 Å². The summed E-state index contributed by atoms with van der Waals surface area (Å²) in [4.78, 5) is 25.4. The molecule has 0 aliphatic heterocycles. The molecule has 0 N–H and O–H groups in total. The number of aromatic nitrogens is 2. The van der Waals surface area contributed by atoms with Crippen LogP contribution in [0.3, 0.4) is 0 Å². The molecule has 9 heteroatoms. The van der Waals surface area contributed by atoms with Crippen LogP contribution >= 0.6 is 11.8 Å². The van der Waals surface area contributed by atoms with Gasteiger partial charge in [-0.05, 0) is 30.0 Å². The average Bonchev–Trinajstić information content (AvgIpc) is 2.84. The third-order valence-corrected chi connectivity index (χ3v) is 4.41. The van der Waals surface area contributed by atoms with E-state index in [9.17, 15) is 20.2 Å². The standard InChI is InChI=1S/C14H10N4O4S/c1-16-11-5-3-2-4-10(11)15-14(16)23-13-7-6-9(17(19)20)8-12(13)18(21)22/h2-8H,1H3. The molecule has 3 aromatic rings. The second-order valence-corrected chi connectivity index (χ2v) is 5.72. The van der Waals surface area contributed by atoms with E-state index in [2.05, 4.69) is 4.98 Å². The van der Waals surface area contributed by atoms with Crippen molar-refractivity contribution < 1.29 is 9.85 Å². The quantitative estimate of drug-likeness (QED) is 0.535. The van der Waals surface area contributed by atoms with E-state index in [-0.39, 0.29) is 11.4 Å². The Labute approximate surface area is 134 Å². The van der Waals surface area contributed by atoms with Gasteiger partial charge in [-0.3, -0.25) is 20.2 Å². The zero-order valence-corrected chi connectivity index (χ0v) is 12.7. The molecular weight excluding hydrogens is 320 g/mol. The second-order valence-electron chi connectivity index (χ2n) is 4.71. The molecule has 8 nitrogen and oxygen atoms in total. The van der Waals surface area contributed by atoms with Crippen LogP contribution in [-0.4, -0.2) is 19.4 Å². The van der Waals surface area contributed by atoms with E-state index >= 15 is 0 Å². The van der Waals surface area contributed by atoms with E-state index in [0.717, 1.165) is 28.9 Å². The number of fused-ring (bicyclic) bond motifs is 1. The SMILES string of the molecule is Cn1c(Sc2ccc([N+](=O)[O-])cc2[N+](=O)[O-])nc2ccccc21. The maximum absolute atomic E-state index is 11.2. The highest BCUT2D eigenvalue weighted by Gasteiger charge is 2.21. The van der Waals surface area contributed by atoms with Crippen molar-refractivity contribution in [2.24, 2.45) is 7.05 Å². The van der Waals surface area contributed by atoms with Gasteiger partial charge in [-0.2, -0.15) is 0 Å². The van der Waals surface area contributed by atoms with Gasteiger partial charge in [0.2, 0.25) is 0 Å². The van der Waals surface area contributed by atoms with E-state index in [0.29, 0.717) is 10.1 Å². The number of para-hydroxylation sites is 2. The van der Waals surface area contributed by atoms with Crippen molar-refractivity contribution in [3.05, 3.63) is 62.7 Å². The maximum Gasteiger partial charge on any atom is 0.290 e. The minimum Gasteiger partial charge on any atom is -0.322 e. The first-order valence-electron chi connectivity index (χ1n) is 6.49. The fourth-order valence-corrected chi connectivity index (χ4v) is 3.11. The number of nitro benzene ring substituents is 2. The summed E-state index contributed by atoms with van der Waals surface area (Å²) in [5.41, 5.74) is 1.06. The number of nitrogens with zero attached hydrogens (tertiary/aromatic N) is 4. The molecule has 3 rings (SSSR count). The van der Waals surface area contributed by atoms with Gasteiger partial charge in [0.1, 0.15) is 0 Å². The highest BCUT2D eigenvalue weighted by molar-refractivity contribution is 7.99. The first kappa shape index (κ1) is 15.0. The summed E-state index contributed by atoms with van der Waals surface area (Å²) in [6.45, 7) is 0. The Kier molecular flexibility index (Phi) is 3.70. The van der Waals surface area contributed by atoms with Crippen molar-refractivity contribution in [3.8, 4) is 0 Å². The molecule has 0 radical (unpaired) electrons. The summed E-state index contributed by atoms with van der Waals surface area (Å²) < 4.78 is 1.82. The smallest absolute Gasteiger partial charge is 0.290 e. The Hall–Kier alpha value is -2.94. The van der Waals surface area contributed by atoms with Gasteiger partial charge in [0, 0.05) is 13.1 Å². The Morgan fingerprint density at radius 3 is 2.48 bits per heavy atom. The molecule has 23 heavy (non-hydrogen) atoms. The minimum absolute atomic E-state index is 0.305. The predicted octanol–water partition coefficient (Wildman–Crippen LogP) is 3.54. The highest BCUT2D eigenvalue weighted by atomic mass is 32.2. The molecular formula is C14H10N4O4S. The lowest BCUT2D eigenvalue weighted by Gasteiger charge is -2.03. The molecule has 116 valence electrons. The summed E-state index contributed by atoms with van der Waals surface area (Å²) in [6, 6.07) is 11.1. The topological polar surface area (TPSA) is 104 Å². The third-order valence-electron chi connectivity index (χ3n) is 3.30. The number of non-ortho nitro benzene ring substituents is 1. The van der Waals surface area contributed by atoms with E-state index in [4.69, 9.17) is 0 Å². The molecule has 0 fully saturated rings. The molecule has 0 saturated carbocycles. The average molecular weight is 330 g/mol. The molecule has 2 aromatic carbocycles. The summed E-state index contributed by atoms with van der Waals surface area (Å²) >= 11 is 1.10. The predicted molar refractivity (Wildman–Crippen MR) is 84.6 cm³/mol. The molecule has 0 spiro atoms. The highest BCUT2D eigenvalue weighted by Crippen LogP contribution is 2.37. The van der Waals surface area contributed by atoms with Crippen molar-refractivity contribution in [2.75, 3.05) is 0 Å². The summed E-state index contributed by atoms with van der Waals surface area (Å²) in [5, 5.41) is 22.5. The van der Waals surface area contributed by atoms with Crippen molar-refractivity contribution >= 4 is 34.2 Å². The Balaban J connectivity index is 2.06. The van der Waals surface area contributed by atoms with Crippen molar-refractivity contribution in [1.82, 2.24) is 9.55 Å². The second kappa shape index (κ2) is 5.69. The van der Waals surface area contributed by atoms with E-state index < -0.39 is 9.85 Å². The molecule has 0 unspecified atom stereocenters. The van der Waals surface area contributed by atoms with Crippen LogP contribution in [0.2, 0.25) is 0 Å². The fraction of sp³-hybridized carbons (Fsp3) is 0.0714. The van der Waals surface area contributed by atoms with Crippen LogP contribution in [0.15, 0.2) is 52.5 Å². The molecule has 0 aliphatic carbocycles. The van der Waals surface area contributed by atoms with E-state index in [1.165, 1.54) is 12.1 Å². The largest absolute Gasteiger partial charge is 0.322 e. The molecule has 0 atom stereocenters. The number of benzene rings is 2. The minimum atomic E-state index is -0.656. The van der Waals surface area contributed by atoms with Gasteiger partial charge in [-0.25, -0.2) is 4.98 Å². The number of nitro groups is 2. The van der Waals surface area contributed by atoms with Gasteiger partial charge >= 0.3 is 0 Å².